The Kier molecular flexibility index (Phi) is 7.26. The van der Waals surface area contributed by atoms with E-state index in [1.165, 1.54) is 18.7 Å². The summed E-state index contributed by atoms with van der Waals surface area (Å²) in [4.78, 5) is 24.9. The molecule has 0 fully saturated rings. The average Bonchev–Trinajstić information content (AvgIpc) is 3.05. The monoisotopic (exact) mass is 431 g/mol. The molecule has 3 aromatic rings. The molecule has 1 atom stereocenters. The highest BCUT2D eigenvalue weighted by atomic mass is 32.3. The van der Waals surface area contributed by atoms with Gasteiger partial charge in [-0.25, -0.2) is 20.0 Å². The number of carbonyl (C=O) groups is 1. The SMILES string of the molecule is CC(C)(C)S(C)(C)C.CC(CO)n1cc(C(=O)c2cncc(N)c2)c2cncnc21. The van der Waals surface area contributed by atoms with Crippen molar-refractivity contribution in [2.75, 3.05) is 31.1 Å². The standard InChI is InChI=1S/C15H15N5O2.C7H18S/c1-9(7-21)20-6-13(12-5-18-8-19-15(12)20)14(22)10-2-11(16)4-17-3-10;1-7(2,3)8(4,5)6/h2-6,8-9,21H,7,16H2,1H3;1-6H3. The first-order chi connectivity index (χ1) is 13.9. The quantitative estimate of drug-likeness (QED) is 0.610. The van der Waals surface area contributed by atoms with Crippen LogP contribution in [0.4, 0.5) is 5.69 Å². The summed E-state index contributed by atoms with van der Waals surface area (Å²) in [5.41, 5.74) is 7.58. The zero-order chi connectivity index (χ0) is 22.7. The molecule has 0 aliphatic rings. The van der Waals surface area contributed by atoms with Crippen LogP contribution in [0.3, 0.4) is 0 Å². The molecule has 0 bridgehead atoms. The summed E-state index contributed by atoms with van der Waals surface area (Å²) in [5, 5.41) is 10.0. The molecule has 8 heteroatoms. The summed E-state index contributed by atoms with van der Waals surface area (Å²) in [5.74, 6) is -0.205. The Morgan fingerprint density at radius 3 is 2.37 bits per heavy atom. The lowest BCUT2D eigenvalue weighted by Gasteiger charge is -2.40. The first-order valence-electron chi connectivity index (χ1n) is 9.71. The van der Waals surface area contributed by atoms with Gasteiger partial charge >= 0.3 is 0 Å². The summed E-state index contributed by atoms with van der Waals surface area (Å²) in [6, 6.07) is 1.38. The lowest BCUT2D eigenvalue weighted by atomic mass is 10.1. The van der Waals surface area contributed by atoms with Gasteiger partial charge in [0.25, 0.3) is 0 Å². The van der Waals surface area contributed by atoms with Crippen molar-refractivity contribution in [2.24, 2.45) is 0 Å². The molecule has 0 aliphatic carbocycles. The molecular formula is C22H33N5O2S. The Labute approximate surface area is 180 Å². The number of ketones is 1. The second-order valence-corrected chi connectivity index (χ2v) is 13.9. The predicted molar refractivity (Wildman–Crippen MR) is 127 cm³/mol. The molecule has 0 radical (unpaired) electrons. The van der Waals surface area contributed by atoms with Gasteiger partial charge in [-0.2, -0.15) is 0 Å². The number of aliphatic hydroxyl groups excluding tert-OH is 1. The van der Waals surface area contributed by atoms with Gasteiger partial charge in [-0.1, -0.05) is 20.8 Å². The minimum absolute atomic E-state index is 0.0543. The summed E-state index contributed by atoms with van der Waals surface area (Å²) in [7, 11) is -0.340. The van der Waals surface area contributed by atoms with E-state index in [0.29, 0.717) is 32.6 Å². The number of fused-ring (bicyclic) bond motifs is 1. The zero-order valence-corrected chi connectivity index (χ0v) is 19.7. The fourth-order valence-electron chi connectivity index (χ4n) is 2.33. The molecule has 0 aliphatic heterocycles. The fraction of sp³-hybridized carbons (Fsp3) is 0.455. The molecule has 7 nitrogen and oxygen atoms in total. The number of nitrogen functional groups attached to an aromatic ring is 1. The van der Waals surface area contributed by atoms with Crippen LogP contribution in [-0.4, -0.2) is 60.5 Å². The van der Waals surface area contributed by atoms with Crippen molar-refractivity contribution in [3.05, 3.63) is 48.3 Å². The van der Waals surface area contributed by atoms with Gasteiger partial charge in [0.15, 0.2) is 5.78 Å². The van der Waals surface area contributed by atoms with E-state index in [9.17, 15) is 9.90 Å². The van der Waals surface area contributed by atoms with E-state index in [0.717, 1.165) is 0 Å². The molecule has 0 saturated heterocycles. The normalized spacial score (nSPS) is 13.5. The molecule has 0 saturated carbocycles. The highest BCUT2D eigenvalue weighted by molar-refractivity contribution is 8.33. The van der Waals surface area contributed by atoms with Crippen molar-refractivity contribution in [1.29, 1.82) is 0 Å². The number of pyridine rings is 1. The van der Waals surface area contributed by atoms with Gasteiger partial charge in [0.1, 0.15) is 12.0 Å². The van der Waals surface area contributed by atoms with Gasteiger partial charge in [0.2, 0.25) is 0 Å². The summed E-state index contributed by atoms with van der Waals surface area (Å²) in [6.07, 6.45) is 14.7. The lowest BCUT2D eigenvalue weighted by molar-refractivity contribution is 0.103. The number of rotatable bonds is 4. The largest absolute Gasteiger partial charge is 0.397 e. The third-order valence-electron chi connectivity index (χ3n) is 5.34. The number of aromatic nitrogens is 4. The van der Waals surface area contributed by atoms with Crippen molar-refractivity contribution in [3.63, 3.8) is 0 Å². The average molecular weight is 432 g/mol. The summed E-state index contributed by atoms with van der Waals surface area (Å²) in [6.45, 7) is 8.71. The van der Waals surface area contributed by atoms with E-state index in [1.54, 1.807) is 23.0 Å². The number of anilines is 1. The second kappa shape index (κ2) is 9.14. The maximum atomic E-state index is 12.7. The third-order valence-corrected chi connectivity index (χ3v) is 9.01. The first kappa shape index (κ1) is 23.8. The molecule has 0 aromatic carbocycles. The minimum Gasteiger partial charge on any atom is -0.397 e. The van der Waals surface area contributed by atoms with Crippen LogP contribution in [0.1, 0.15) is 49.7 Å². The summed E-state index contributed by atoms with van der Waals surface area (Å²) >= 11 is 0. The number of carbonyl (C=O) groups excluding carboxylic acids is 1. The Morgan fingerprint density at radius 2 is 1.83 bits per heavy atom. The number of hydrogen-bond donors (Lipinski definition) is 2. The van der Waals surface area contributed by atoms with E-state index in [4.69, 9.17) is 5.73 Å². The van der Waals surface area contributed by atoms with Crippen LogP contribution in [0.15, 0.2) is 37.2 Å². The second-order valence-electron chi connectivity index (χ2n) is 9.03. The van der Waals surface area contributed by atoms with Crippen LogP contribution in [0.2, 0.25) is 0 Å². The molecule has 1 unspecified atom stereocenters. The molecule has 164 valence electrons. The molecule has 3 N–H and O–H groups in total. The van der Waals surface area contributed by atoms with E-state index in [1.807, 2.05) is 6.92 Å². The van der Waals surface area contributed by atoms with Gasteiger partial charge < -0.3 is 15.4 Å². The third kappa shape index (κ3) is 5.37. The maximum absolute atomic E-state index is 12.7. The highest BCUT2D eigenvalue weighted by Gasteiger charge is 2.22. The molecule has 0 amide bonds. The lowest BCUT2D eigenvalue weighted by Crippen LogP contribution is -2.21. The van der Waals surface area contributed by atoms with Crippen LogP contribution in [0, 0.1) is 0 Å². The molecule has 3 aromatic heterocycles. The van der Waals surface area contributed by atoms with Crippen molar-refractivity contribution in [2.45, 2.75) is 38.5 Å². The molecular weight excluding hydrogens is 398 g/mol. The zero-order valence-electron chi connectivity index (χ0n) is 18.9. The van der Waals surface area contributed by atoms with Gasteiger partial charge in [0, 0.05) is 35.7 Å². The van der Waals surface area contributed by atoms with Crippen LogP contribution >= 0.6 is 10.0 Å². The van der Waals surface area contributed by atoms with E-state index in [-0.39, 0.29) is 28.5 Å². The Morgan fingerprint density at radius 1 is 1.20 bits per heavy atom. The van der Waals surface area contributed by atoms with Gasteiger partial charge in [-0.3, -0.25) is 9.78 Å². The predicted octanol–water partition coefficient (Wildman–Crippen LogP) is 3.67. The number of nitrogens with zero attached hydrogens (tertiary/aromatic N) is 4. The van der Waals surface area contributed by atoms with Gasteiger partial charge in [-0.15, -0.1) is 0 Å². The molecule has 0 spiro atoms. The van der Waals surface area contributed by atoms with Crippen molar-refractivity contribution in [1.82, 2.24) is 19.5 Å². The van der Waals surface area contributed by atoms with Crippen LogP contribution in [0.25, 0.3) is 11.0 Å². The molecule has 30 heavy (non-hydrogen) atoms. The van der Waals surface area contributed by atoms with E-state index >= 15 is 0 Å². The summed E-state index contributed by atoms with van der Waals surface area (Å²) < 4.78 is 2.29. The van der Waals surface area contributed by atoms with Crippen molar-refractivity contribution < 1.29 is 9.90 Å². The fourth-order valence-corrected chi connectivity index (χ4v) is 2.33. The minimum atomic E-state index is -0.340. The van der Waals surface area contributed by atoms with E-state index in [2.05, 4.69) is 54.5 Å². The Balaban J connectivity index is 0.000000343. The van der Waals surface area contributed by atoms with Crippen molar-refractivity contribution in [3.8, 4) is 0 Å². The maximum Gasteiger partial charge on any atom is 0.196 e. The molecule has 3 rings (SSSR count). The number of aliphatic hydroxyl groups is 1. The molecule has 3 heterocycles. The van der Waals surface area contributed by atoms with Crippen LogP contribution in [-0.2, 0) is 0 Å². The first-order valence-corrected chi connectivity index (χ1v) is 12.6. The van der Waals surface area contributed by atoms with Crippen molar-refractivity contribution >= 4 is 32.5 Å². The van der Waals surface area contributed by atoms with Gasteiger partial charge in [0.05, 0.1) is 23.9 Å². The smallest absolute Gasteiger partial charge is 0.196 e. The number of nitrogens with two attached hydrogens (primary N) is 1. The van der Waals surface area contributed by atoms with Gasteiger partial charge in [-0.05, 0) is 36.5 Å². The highest BCUT2D eigenvalue weighted by Crippen LogP contribution is 2.48. The van der Waals surface area contributed by atoms with E-state index < -0.39 is 0 Å². The topological polar surface area (TPSA) is 107 Å². The van der Waals surface area contributed by atoms with Crippen LogP contribution < -0.4 is 5.73 Å². The van der Waals surface area contributed by atoms with Crippen LogP contribution in [0.5, 0.6) is 0 Å². The Bertz CT molecular complexity index is 1010. The Hall–Kier alpha value is -2.45. The number of hydrogen-bond acceptors (Lipinski definition) is 6.